The van der Waals surface area contributed by atoms with Gasteiger partial charge in [-0.05, 0) is 30.3 Å². The van der Waals surface area contributed by atoms with Gasteiger partial charge < -0.3 is 0 Å². The molecule has 6 rings (SSSR count). The van der Waals surface area contributed by atoms with Gasteiger partial charge in [0, 0.05) is 11.6 Å². The van der Waals surface area contributed by atoms with E-state index in [1.165, 1.54) is 16.8 Å². The highest BCUT2D eigenvalue weighted by atomic mass is 19.4. The molecule has 402 valence electrons. The predicted molar refractivity (Wildman–Crippen MR) is 214 cm³/mol. The number of carbonyl (C=O) groups is 1. The first-order valence-corrected chi connectivity index (χ1v) is 20.0. The predicted octanol–water partition coefficient (Wildman–Crippen LogP) is 13.0. The van der Waals surface area contributed by atoms with Gasteiger partial charge in [-0.2, -0.15) is 127 Å². The first-order chi connectivity index (χ1) is 33.9. The second-order valence-corrected chi connectivity index (χ2v) is 16.0. The Hall–Kier alpha value is -7.30. The topological polar surface area (TPSA) is 64.1 Å². The minimum Gasteiger partial charge on any atom is -0.287 e. The molecule has 0 bridgehead atoms. The Balaban J connectivity index is 0.000000483. The van der Waals surface area contributed by atoms with Crippen molar-refractivity contribution in [1.29, 1.82) is 0 Å². The smallest absolute Gasteiger partial charge is 0.287 e. The van der Waals surface area contributed by atoms with Crippen molar-refractivity contribution in [1.82, 2.24) is 0 Å². The van der Waals surface area contributed by atoms with E-state index in [4.69, 9.17) is 0 Å². The highest BCUT2D eigenvalue weighted by Crippen LogP contribution is 2.41. The maximum absolute atomic E-state index is 14.2. The lowest BCUT2D eigenvalue weighted by atomic mass is 9.12. The Labute approximate surface area is 402 Å². The summed E-state index contributed by atoms with van der Waals surface area (Å²) in [6.45, 7) is -0.0405. The third-order valence-corrected chi connectivity index (χ3v) is 11.0. The van der Waals surface area contributed by atoms with Crippen molar-refractivity contribution in [3.05, 3.63) is 188 Å². The molecular formula is C45H23BF24N2O3. The van der Waals surface area contributed by atoms with E-state index < -0.39 is 200 Å². The molecule has 0 N–H and O–H groups in total. The molecule has 0 aliphatic carbocycles. The van der Waals surface area contributed by atoms with Gasteiger partial charge in [-0.25, -0.2) is 0 Å². The molecule has 30 heteroatoms. The third-order valence-electron chi connectivity index (χ3n) is 11.0. The van der Waals surface area contributed by atoms with Gasteiger partial charge >= 0.3 is 55.2 Å². The molecule has 75 heavy (non-hydrogen) atoms. The number of hydrogen-bond donors (Lipinski definition) is 0. The normalized spacial score (nSPS) is 13.3. The van der Waals surface area contributed by atoms with Gasteiger partial charge in [-0.1, -0.05) is 78.9 Å². The van der Waals surface area contributed by atoms with Crippen LogP contribution >= 0.6 is 0 Å². The SMILES string of the molecule is FC(F)(F)c1cc([B-](c2cc(C(F)(F)F)cc(C(F)(F)F)c2)(c2cc(C(F)(F)F)cc(C(F)(F)F)c2)c2cc(C(F)(F)F)cc(C(F)(F)F)c2)cc(C(F)(F)F)c1.O=C(C[n+]1ccccc1[N+](=O)[O-])c1ccccc1. The summed E-state index contributed by atoms with van der Waals surface area (Å²) in [6.07, 6.45) is -53.3. The zero-order valence-electron chi connectivity index (χ0n) is 36.1. The molecule has 0 saturated carbocycles. The number of halogens is 24. The number of pyridine rings is 1. The van der Waals surface area contributed by atoms with Crippen molar-refractivity contribution in [2.75, 3.05) is 0 Å². The van der Waals surface area contributed by atoms with Crippen LogP contribution in [0.5, 0.6) is 0 Å². The third kappa shape index (κ3) is 13.5. The number of carbonyl (C=O) groups excluding carboxylic acids is 1. The van der Waals surface area contributed by atoms with E-state index in [9.17, 15) is 120 Å². The number of nitro groups is 1. The summed E-state index contributed by atoms with van der Waals surface area (Å²) in [5.41, 5.74) is -29.7. The van der Waals surface area contributed by atoms with Crippen molar-refractivity contribution in [2.24, 2.45) is 0 Å². The summed E-state index contributed by atoms with van der Waals surface area (Å²) in [6, 6.07) is 4.51. The van der Waals surface area contributed by atoms with Crippen LogP contribution in [0.1, 0.15) is 54.9 Å². The zero-order chi connectivity index (χ0) is 56.9. The maximum atomic E-state index is 14.2. The molecular weight excluding hydrogens is 1080 g/mol. The van der Waals surface area contributed by atoms with E-state index in [0.29, 0.717) is 5.56 Å². The summed E-state index contributed by atoms with van der Waals surface area (Å²) >= 11 is 0. The largest absolute Gasteiger partial charge is 0.501 e. The van der Waals surface area contributed by atoms with Crippen molar-refractivity contribution < 1.29 is 120 Å². The molecule has 0 fully saturated rings. The fourth-order valence-electron chi connectivity index (χ4n) is 7.71. The monoisotopic (exact) mass is 1110 g/mol. The molecule has 0 radical (unpaired) electrons. The van der Waals surface area contributed by atoms with Crippen LogP contribution in [-0.4, -0.2) is 16.9 Å². The Morgan fingerprint density at radius 2 is 0.627 bits per heavy atom. The molecule has 1 aromatic heterocycles. The molecule has 1 heterocycles. The van der Waals surface area contributed by atoms with E-state index in [0.717, 1.165) is 0 Å². The van der Waals surface area contributed by atoms with Crippen LogP contribution in [0.15, 0.2) is 128 Å². The molecule has 5 aromatic carbocycles. The summed E-state index contributed by atoms with van der Waals surface area (Å²) in [5, 5.41) is 10.8. The van der Waals surface area contributed by atoms with Gasteiger partial charge in [0.25, 0.3) is 0 Å². The summed E-state index contributed by atoms with van der Waals surface area (Å²) in [7, 11) is 0. The van der Waals surface area contributed by atoms with Gasteiger partial charge in [0.15, 0.2) is 6.20 Å². The standard InChI is InChI=1S/C32H12BF24.C13H11N2O3/c34-25(35,36)13-1-14(26(37,38)39)6-21(5-13)33(22-7-15(27(40,41)42)2-16(8-22)28(43,44)45,23-9-17(29(46,47)48)3-18(10-23)30(49,50)51)24-11-19(31(52,53)54)4-20(12-24)32(55,56)57;16-12(11-6-2-1-3-7-11)10-14-9-5-4-8-13(14)15(17)18/h1-12H;1-9H,10H2/q-1;+1. The van der Waals surface area contributed by atoms with Gasteiger partial charge in [0.2, 0.25) is 12.3 Å². The molecule has 0 unspecified atom stereocenters. The summed E-state index contributed by atoms with van der Waals surface area (Å²) in [5.74, 6) is -0.253. The average Bonchev–Trinajstić information content (AvgIpc) is 3.27. The van der Waals surface area contributed by atoms with Gasteiger partial charge in [-0.15, -0.1) is 4.57 Å². The van der Waals surface area contributed by atoms with Gasteiger partial charge in [0.1, 0.15) is 11.1 Å². The fourth-order valence-corrected chi connectivity index (χ4v) is 7.71. The van der Waals surface area contributed by atoms with Crippen LogP contribution in [-0.2, 0) is 56.0 Å². The molecule has 0 amide bonds. The van der Waals surface area contributed by atoms with Crippen LogP contribution < -0.4 is 26.4 Å². The quantitative estimate of drug-likeness (QED) is 0.0381. The van der Waals surface area contributed by atoms with Crippen LogP contribution in [0.3, 0.4) is 0 Å². The number of nitrogens with zero attached hydrogens (tertiary/aromatic N) is 2. The van der Waals surface area contributed by atoms with E-state index in [2.05, 4.69) is 0 Å². The molecule has 0 saturated heterocycles. The number of benzene rings is 5. The number of hydrogen-bond acceptors (Lipinski definition) is 3. The van der Waals surface area contributed by atoms with Gasteiger partial charge in [0.05, 0.1) is 50.6 Å². The number of Topliss-reactive ketones (excluding diaryl/α,β-unsaturated/α-hetero) is 1. The van der Waals surface area contributed by atoms with Crippen molar-refractivity contribution in [3.63, 3.8) is 0 Å². The van der Waals surface area contributed by atoms with E-state index in [1.807, 2.05) is 6.07 Å². The minimum atomic E-state index is -6.13. The van der Waals surface area contributed by atoms with Crippen molar-refractivity contribution >= 4 is 39.6 Å². The van der Waals surface area contributed by atoms with E-state index in [-0.39, 0.29) is 18.1 Å². The number of ketones is 1. The first kappa shape index (κ1) is 58.6. The van der Waals surface area contributed by atoms with E-state index in [1.54, 1.807) is 36.4 Å². The Bertz CT molecular complexity index is 2640. The van der Waals surface area contributed by atoms with Crippen LogP contribution in [0.4, 0.5) is 111 Å². The molecule has 6 aromatic rings. The highest BCUT2D eigenvalue weighted by molar-refractivity contribution is 7.20. The maximum Gasteiger partial charge on any atom is 0.501 e. The number of alkyl halides is 24. The first-order valence-electron chi connectivity index (χ1n) is 20.0. The lowest BCUT2D eigenvalue weighted by Crippen LogP contribution is -2.75. The second-order valence-electron chi connectivity index (χ2n) is 16.0. The molecule has 5 nitrogen and oxygen atoms in total. The van der Waals surface area contributed by atoms with Gasteiger partial charge in [-0.3, -0.25) is 14.9 Å². The number of rotatable bonds is 8. The van der Waals surface area contributed by atoms with Crippen molar-refractivity contribution in [3.8, 4) is 0 Å². The lowest BCUT2D eigenvalue weighted by Gasteiger charge is -2.46. The van der Waals surface area contributed by atoms with Crippen molar-refractivity contribution in [2.45, 2.75) is 56.0 Å². The Morgan fingerprint density at radius 3 is 0.853 bits per heavy atom. The lowest BCUT2D eigenvalue weighted by molar-refractivity contribution is -0.725. The molecule has 0 spiro atoms. The number of aromatic nitrogens is 1. The Kier molecular flexibility index (Phi) is 15.7. The van der Waals surface area contributed by atoms with Crippen LogP contribution in [0.2, 0.25) is 0 Å². The van der Waals surface area contributed by atoms with Crippen LogP contribution in [0, 0.1) is 10.1 Å². The fraction of sp³-hybridized carbons (Fsp3) is 0.200. The molecule has 0 aliphatic heterocycles. The second kappa shape index (κ2) is 20.1. The van der Waals surface area contributed by atoms with Crippen LogP contribution in [0.25, 0.3) is 0 Å². The summed E-state index contributed by atoms with van der Waals surface area (Å²) in [4.78, 5) is 22.3. The highest BCUT2D eigenvalue weighted by Gasteiger charge is 2.47. The van der Waals surface area contributed by atoms with E-state index >= 15 is 0 Å². The summed E-state index contributed by atoms with van der Waals surface area (Å²) < 4.78 is 342. The Morgan fingerprint density at radius 1 is 0.387 bits per heavy atom. The average molecular weight is 1110 g/mol. The minimum absolute atomic E-state index is 0.0405. The molecule has 0 aliphatic rings. The molecule has 0 atom stereocenters. The zero-order valence-corrected chi connectivity index (χ0v) is 36.1.